The first-order chi connectivity index (χ1) is 14.3. The van der Waals surface area contributed by atoms with E-state index in [1.165, 1.54) is 4.31 Å². The number of esters is 1. The summed E-state index contributed by atoms with van der Waals surface area (Å²) in [6.45, 7) is 4.33. The lowest BCUT2D eigenvalue weighted by Crippen LogP contribution is -2.38. The second-order valence-electron chi connectivity index (χ2n) is 6.97. The highest BCUT2D eigenvalue weighted by molar-refractivity contribution is 7.87. The summed E-state index contributed by atoms with van der Waals surface area (Å²) in [7, 11) is -3.74. The Hall–Kier alpha value is -2.75. The van der Waals surface area contributed by atoms with Crippen LogP contribution in [0.5, 0.6) is 0 Å². The van der Waals surface area contributed by atoms with Gasteiger partial charge in [-0.1, -0.05) is 42.0 Å². The Bertz CT molecular complexity index is 1020. The monoisotopic (exact) mass is 431 g/mol. The zero-order valence-corrected chi connectivity index (χ0v) is 17.8. The standard InChI is InChI=1S/C21H25N3O5S/c1-3-29-21(26)18-6-4-5-7-19(18)22-20(25)15-24-13-12-23(30(24,27)28)14-17-10-8-16(2)9-11-17/h4-11H,3,12-15H2,1-2H3,(H,22,25). The molecule has 1 saturated heterocycles. The van der Waals surface area contributed by atoms with E-state index in [-0.39, 0.29) is 37.5 Å². The first kappa shape index (κ1) is 21.9. The summed E-state index contributed by atoms with van der Waals surface area (Å²) in [5.74, 6) is -1.07. The Labute approximate surface area is 176 Å². The summed E-state index contributed by atoms with van der Waals surface area (Å²) >= 11 is 0. The lowest BCUT2D eigenvalue weighted by atomic mass is 10.1. The highest BCUT2D eigenvalue weighted by atomic mass is 32.2. The molecule has 0 spiro atoms. The van der Waals surface area contributed by atoms with Crippen molar-refractivity contribution in [3.8, 4) is 0 Å². The molecule has 3 rings (SSSR count). The Morgan fingerprint density at radius 3 is 2.40 bits per heavy atom. The van der Waals surface area contributed by atoms with Crippen molar-refractivity contribution in [1.29, 1.82) is 0 Å². The molecule has 0 unspecified atom stereocenters. The average Bonchev–Trinajstić information content (AvgIpc) is 2.98. The molecule has 0 aromatic heterocycles. The van der Waals surface area contributed by atoms with Gasteiger partial charge in [0.15, 0.2) is 0 Å². The average molecular weight is 432 g/mol. The number of carbonyl (C=O) groups excluding carboxylic acids is 2. The third-order valence-electron chi connectivity index (χ3n) is 4.75. The van der Waals surface area contributed by atoms with Crippen LogP contribution in [-0.2, 0) is 26.3 Å². The number of ether oxygens (including phenoxy) is 1. The SMILES string of the molecule is CCOC(=O)c1ccccc1NC(=O)CN1CCN(Cc2ccc(C)cc2)S1(=O)=O. The molecule has 30 heavy (non-hydrogen) atoms. The van der Waals surface area contributed by atoms with Crippen LogP contribution in [0.1, 0.15) is 28.4 Å². The number of carbonyl (C=O) groups is 2. The predicted molar refractivity (Wildman–Crippen MR) is 113 cm³/mol. The van der Waals surface area contributed by atoms with Crippen molar-refractivity contribution in [2.75, 3.05) is 31.6 Å². The maximum Gasteiger partial charge on any atom is 0.340 e. The third-order valence-corrected chi connectivity index (χ3v) is 6.68. The van der Waals surface area contributed by atoms with Gasteiger partial charge in [0.2, 0.25) is 5.91 Å². The summed E-state index contributed by atoms with van der Waals surface area (Å²) in [5.41, 5.74) is 2.50. The van der Waals surface area contributed by atoms with E-state index < -0.39 is 22.1 Å². The molecule has 0 aliphatic carbocycles. The second-order valence-corrected chi connectivity index (χ2v) is 8.90. The van der Waals surface area contributed by atoms with Crippen LogP contribution in [0.3, 0.4) is 0 Å². The van der Waals surface area contributed by atoms with Crippen LogP contribution in [0.25, 0.3) is 0 Å². The summed E-state index contributed by atoms with van der Waals surface area (Å²) in [6, 6.07) is 14.1. The van der Waals surface area contributed by atoms with Crippen molar-refractivity contribution in [3.63, 3.8) is 0 Å². The summed E-state index contributed by atoms with van der Waals surface area (Å²) in [6.07, 6.45) is 0. The third kappa shape index (κ3) is 5.05. The van der Waals surface area contributed by atoms with Gasteiger partial charge in [-0.05, 0) is 31.5 Å². The molecular weight excluding hydrogens is 406 g/mol. The van der Waals surface area contributed by atoms with E-state index in [1.54, 1.807) is 31.2 Å². The number of nitrogens with one attached hydrogen (secondary N) is 1. The number of aryl methyl sites for hydroxylation is 1. The van der Waals surface area contributed by atoms with E-state index in [0.717, 1.165) is 15.4 Å². The Balaban J connectivity index is 1.65. The van der Waals surface area contributed by atoms with Crippen molar-refractivity contribution >= 4 is 27.8 Å². The van der Waals surface area contributed by atoms with E-state index in [9.17, 15) is 18.0 Å². The van der Waals surface area contributed by atoms with Gasteiger partial charge in [0.05, 0.1) is 24.4 Å². The van der Waals surface area contributed by atoms with Crippen molar-refractivity contribution < 1.29 is 22.7 Å². The summed E-state index contributed by atoms with van der Waals surface area (Å²) < 4.78 is 33.1. The zero-order valence-electron chi connectivity index (χ0n) is 17.0. The van der Waals surface area contributed by atoms with Crippen LogP contribution in [0.2, 0.25) is 0 Å². The number of hydrogen-bond donors (Lipinski definition) is 1. The molecule has 1 heterocycles. The lowest BCUT2D eigenvalue weighted by molar-refractivity contribution is -0.116. The molecule has 9 heteroatoms. The maximum atomic E-state index is 12.8. The number of anilines is 1. The van der Waals surface area contributed by atoms with E-state index in [0.29, 0.717) is 6.54 Å². The van der Waals surface area contributed by atoms with Crippen LogP contribution in [0, 0.1) is 6.92 Å². The first-order valence-corrected chi connectivity index (χ1v) is 11.1. The van der Waals surface area contributed by atoms with Crippen LogP contribution in [0.4, 0.5) is 5.69 Å². The minimum atomic E-state index is -3.74. The fourth-order valence-corrected chi connectivity index (χ4v) is 4.71. The molecule has 1 fully saturated rings. The van der Waals surface area contributed by atoms with E-state index in [1.807, 2.05) is 31.2 Å². The quantitative estimate of drug-likeness (QED) is 0.678. The molecule has 1 aliphatic heterocycles. The Kier molecular flexibility index (Phi) is 6.86. The molecule has 0 radical (unpaired) electrons. The van der Waals surface area contributed by atoms with E-state index in [4.69, 9.17) is 4.74 Å². The molecule has 0 atom stereocenters. The normalized spacial score (nSPS) is 16.3. The minimum absolute atomic E-state index is 0.212. The highest BCUT2D eigenvalue weighted by Gasteiger charge is 2.37. The van der Waals surface area contributed by atoms with E-state index in [2.05, 4.69) is 5.32 Å². The number of nitrogens with zero attached hydrogens (tertiary/aromatic N) is 2. The molecule has 160 valence electrons. The Morgan fingerprint density at radius 1 is 1.03 bits per heavy atom. The molecule has 2 aromatic rings. The Morgan fingerprint density at radius 2 is 1.70 bits per heavy atom. The van der Waals surface area contributed by atoms with Gasteiger partial charge in [0.1, 0.15) is 0 Å². The van der Waals surface area contributed by atoms with Crippen LogP contribution >= 0.6 is 0 Å². The topological polar surface area (TPSA) is 96.0 Å². The van der Waals surface area contributed by atoms with Crippen LogP contribution < -0.4 is 5.32 Å². The van der Waals surface area contributed by atoms with Crippen molar-refractivity contribution in [2.45, 2.75) is 20.4 Å². The number of rotatable bonds is 7. The number of para-hydroxylation sites is 1. The predicted octanol–water partition coefficient (Wildman–Crippen LogP) is 2.17. The summed E-state index contributed by atoms with van der Waals surface area (Å²) in [4.78, 5) is 24.5. The van der Waals surface area contributed by atoms with Gasteiger partial charge < -0.3 is 10.1 Å². The fraction of sp³-hybridized carbons (Fsp3) is 0.333. The minimum Gasteiger partial charge on any atom is -0.462 e. The molecule has 1 N–H and O–H groups in total. The molecular formula is C21H25N3O5S. The van der Waals surface area contributed by atoms with Crippen molar-refractivity contribution in [2.24, 2.45) is 0 Å². The number of hydrogen-bond acceptors (Lipinski definition) is 5. The van der Waals surface area contributed by atoms with Gasteiger partial charge in [-0.3, -0.25) is 4.79 Å². The summed E-state index contributed by atoms with van der Waals surface area (Å²) in [5, 5.41) is 2.62. The molecule has 2 aromatic carbocycles. The highest BCUT2D eigenvalue weighted by Crippen LogP contribution is 2.21. The molecule has 1 amide bonds. The number of amides is 1. The molecule has 8 nitrogen and oxygen atoms in total. The number of benzene rings is 2. The van der Waals surface area contributed by atoms with Crippen LogP contribution in [0.15, 0.2) is 48.5 Å². The maximum absolute atomic E-state index is 12.8. The van der Waals surface area contributed by atoms with Gasteiger partial charge in [0.25, 0.3) is 10.2 Å². The van der Waals surface area contributed by atoms with Crippen molar-refractivity contribution in [1.82, 2.24) is 8.61 Å². The van der Waals surface area contributed by atoms with Gasteiger partial charge in [-0.15, -0.1) is 0 Å². The largest absolute Gasteiger partial charge is 0.462 e. The zero-order chi connectivity index (χ0) is 21.7. The lowest BCUT2D eigenvalue weighted by Gasteiger charge is -2.19. The molecule has 0 saturated carbocycles. The van der Waals surface area contributed by atoms with Gasteiger partial charge in [-0.2, -0.15) is 17.0 Å². The van der Waals surface area contributed by atoms with Gasteiger partial charge in [-0.25, -0.2) is 4.79 Å². The van der Waals surface area contributed by atoms with Gasteiger partial charge in [0, 0.05) is 19.6 Å². The first-order valence-electron chi connectivity index (χ1n) is 9.68. The van der Waals surface area contributed by atoms with Crippen molar-refractivity contribution in [3.05, 3.63) is 65.2 Å². The fourth-order valence-electron chi connectivity index (χ4n) is 3.16. The second kappa shape index (κ2) is 9.38. The van der Waals surface area contributed by atoms with E-state index >= 15 is 0 Å². The van der Waals surface area contributed by atoms with Gasteiger partial charge >= 0.3 is 5.97 Å². The molecule has 1 aliphatic rings. The van der Waals surface area contributed by atoms with Crippen LogP contribution in [-0.4, -0.2) is 55.1 Å². The molecule has 0 bridgehead atoms. The smallest absolute Gasteiger partial charge is 0.340 e.